The summed E-state index contributed by atoms with van der Waals surface area (Å²) >= 11 is 2.99. The molecule has 6 heteroatoms. The topological polar surface area (TPSA) is 79.8 Å². The number of pyridine rings is 1. The van der Waals surface area contributed by atoms with E-state index in [1.165, 1.54) is 6.07 Å². The standard InChI is InChI=1S/C6H2BrN3O2/c7-5-1-4(10(11)12)3-9-6(5)2-8/h1,3H. The lowest BCUT2D eigenvalue weighted by molar-refractivity contribution is -0.385. The maximum Gasteiger partial charge on any atom is 0.288 e. The van der Waals surface area contributed by atoms with E-state index in [9.17, 15) is 10.1 Å². The Morgan fingerprint density at radius 3 is 2.83 bits per heavy atom. The van der Waals surface area contributed by atoms with Crippen LogP contribution in [0.1, 0.15) is 5.69 Å². The van der Waals surface area contributed by atoms with Crippen LogP contribution in [0.4, 0.5) is 5.69 Å². The number of aromatic nitrogens is 1. The monoisotopic (exact) mass is 227 g/mol. The molecule has 0 radical (unpaired) electrons. The molecule has 0 aromatic carbocycles. The summed E-state index contributed by atoms with van der Waals surface area (Å²) in [6.07, 6.45) is 1.04. The van der Waals surface area contributed by atoms with E-state index in [1.54, 1.807) is 6.07 Å². The normalized spacial score (nSPS) is 9.00. The SMILES string of the molecule is N#Cc1ncc([N+](=O)[O-])cc1Br. The Balaban J connectivity index is 3.21. The summed E-state index contributed by atoms with van der Waals surface area (Å²) in [5.74, 6) is 0. The predicted octanol–water partition coefficient (Wildman–Crippen LogP) is 1.62. The zero-order valence-electron chi connectivity index (χ0n) is 5.69. The van der Waals surface area contributed by atoms with Gasteiger partial charge in [-0.2, -0.15) is 5.26 Å². The van der Waals surface area contributed by atoms with Crippen molar-refractivity contribution in [2.75, 3.05) is 0 Å². The average Bonchev–Trinajstić information content (AvgIpc) is 2.04. The van der Waals surface area contributed by atoms with E-state index in [4.69, 9.17) is 5.26 Å². The first-order valence-corrected chi connectivity index (χ1v) is 3.64. The van der Waals surface area contributed by atoms with Gasteiger partial charge < -0.3 is 0 Å². The maximum atomic E-state index is 10.2. The fourth-order valence-corrected chi connectivity index (χ4v) is 1.04. The van der Waals surface area contributed by atoms with Crippen molar-refractivity contribution in [2.45, 2.75) is 0 Å². The van der Waals surface area contributed by atoms with E-state index in [1.807, 2.05) is 0 Å². The fourth-order valence-electron chi connectivity index (χ4n) is 0.610. The van der Waals surface area contributed by atoms with Gasteiger partial charge >= 0.3 is 0 Å². The molecule has 1 aromatic heterocycles. The second-order valence-electron chi connectivity index (χ2n) is 1.89. The van der Waals surface area contributed by atoms with Crippen LogP contribution >= 0.6 is 15.9 Å². The van der Waals surface area contributed by atoms with Crippen LogP contribution in [-0.4, -0.2) is 9.91 Å². The summed E-state index contributed by atoms with van der Waals surface area (Å²) in [4.78, 5) is 13.2. The lowest BCUT2D eigenvalue weighted by Crippen LogP contribution is -1.91. The first-order chi connectivity index (χ1) is 5.65. The lowest BCUT2D eigenvalue weighted by atomic mass is 10.3. The highest BCUT2D eigenvalue weighted by Crippen LogP contribution is 2.19. The molecule has 0 aliphatic carbocycles. The number of nitrogens with zero attached hydrogens (tertiary/aromatic N) is 3. The zero-order chi connectivity index (χ0) is 9.14. The molecule has 0 bridgehead atoms. The van der Waals surface area contributed by atoms with Gasteiger partial charge in [0.25, 0.3) is 5.69 Å². The molecule has 0 atom stereocenters. The van der Waals surface area contributed by atoms with Gasteiger partial charge in [0, 0.05) is 6.07 Å². The number of halogens is 1. The van der Waals surface area contributed by atoms with E-state index in [0.29, 0.717) is 4.47 Å². The van der Waals surface area contributed by atoms with Gasteiger partial charge in [-0.15, -0.1) is 0 Å². The quantitative estimate of drug-likeness (QED) is 0.540. The molecular weight excluding hydrogens is 226 g/mol. The first-order valence-electron chi connectivity index (χ1n) is 2.85. The average molecular weight is 228 g/mol. The molecule has 0 saturated heterocycles. The molecule has 0 fully saturated rings. The Morgan fingerprint density at radius 2 is 2.42 bits per heavy atom. The third-order valence-corrected chi connectivity index (χ3v) is 1.75. The van der Waals surface area contributed by atoms with Crippen LogP contribution in [0.25, 0.3) is 0 Å². The summed E-state index contributed by atoms with van der Waals surface area (Å²) in [6, 6.07) is 3.02. The minimum absolute atomic E-state index is 0.138. The van der Waals surface area contributed by atoms with Gasteiger partial charge in [-0.25, -0.2) is 4.98 Å². The highest BCUT2D eigenvalue weighted by molar-refractivity contribution is 9.10. The largest absolute Gasteiger partial charge is 0.288 e. The third kappa shape index (κ3) is 1.57. The van der Waals surface area contributed by atoms with Crippen LogP contribution in [-0.2, 0) is 0 Å². The molecule has 0 aliphatic rings. The van der Waals surface area contributed by atoms with Crippen LogP contribution in [0.2, 0.25) is 0 Å². The van der Waals surface area contributed by atoms with Gasteiger partial charge in [0.1, 0.15) is 12.3 Å². The summed E-state index contributed by atoms with van der Waals surface area (Å²) in [7, 11) is 0. The molecule has 0 spiro atoms. The Hall–Kier alpha value is -1.48. The third-order valence-electron chi connectivity index (χ3n) is 1.14. The van der Waals surface area contributed by atoms with Crippen molar-refractivity contribution < 1.29 is 4.92 Å². The van der Waals surface area contributed by atoms with E-state index in [0.717, 1.165) is 6.20 Å². The molecule has 1 aromatic rings. The minimum atomic E-state index is -0.571. The van der Waals surface area contributed by atoms with Crippen LogP contribution in [0, 0.1) is 21.4 Å². The molecule has 0 aliphatic heterocycles. The smallest absolute Gasteiger partial charge is 0.258 e. The zero-order valence-corrected chi connectivity index (χ0v) is 7.28. The van der Waals surface area contributed by atoms with Gasteiger partial charge in [-0.1, -0.05) is 0 Å². The minimum Gasteiger partial charge on any atom is -0.258 e. The lowest BCUT2D eigenvalue weighted by Gasteiger charge is -1.92. The molecule has 0 saturated carbocycles. The maximum absolute atomic E-state index is 10.2. The molecule has 5 nitrogen and oxygen atoms in total. The molecule has 60 valence electrons. The predicted molar refractivity (Wildman–Crippen MR) is 43.3 cm³/mol. The Bertz CT molecular complexity index is 372. The van der Waals surface area contributed by atoms with Crippen molar-refractivity contribution in [1.29, 1.82) is 5.26 Å². The molecule has 1 rings (SSSR count). The van der Waals surface area contributed by atoms with Crippen molar-refractivity contribution in [3.63, 3.8) is 0 Å². The van der Waals surface area contributed by atoms with E-state index >= 15 is 0 Å². The molecule has 0 unspecified atom stereocenters. The van der Waals surface area contributed by atoms with E-state index in [2.05, 4.69) is 20.9 Å². The van der Waals surface area contributed by atoms with Crippen LogP contribution in [0.5, 0.6) is 0 Å². The molecule has 0 N–H and O–H groups in total. The van der Waals surface area contributed by atoms with Gasteiger partial charge in [0.2, 0.25) is 0 Å². The Kier molecular flexibility index (Phi) is 2.35. The van der Waals surface area contributed by atoms with Gasteiger partial charge in [0.15, 0.2) is 5.69 Å². The van der Waals surface area contributed by atoms with Gasteiger partial charge in [0.05, 0.1) is 9.40 Å². The summed E-state index contributed by atoms with van der Waals surface area (Å²) in [5.41, 5.74) is 0.00137. The summed E-state index contributed by atoms with van der Waals surface area (Å²) < 4.78 is 0.333. The first kappa shape index (κ1) is 8.62. The van der Waals surface area contributed by atoms with Crippen LogP contribution < -0.4 is 0 Å². The van der Waals surface area contributed by atoms with Crippen LogP contribution in [0.15, 0.2) is 16.7 Å². The van der Waals surface area contributed by atoms with Crippen molar-refractivity contribution in [2.24, 2.45) is 0 Å². The van der Waals surface area contributed by atoms with Crippen LogP contribution in [0.3, 0.4) is 0 Å². The Labute approximate surface area is 75.9 Å². The number of nitro groups is 1. The van der Waals surface area contributed by atoms with E-state index in [-0.39, 0.29) is 11.4 Å². The van der Waals surface area contributed by atoms with Gasteiger partial charge in [-0.3, -0.25) is 10.1 Å². The molecular formula is C6H2BrN3O2. The summed E-state index contributed by atoms with van der Waals surface area (Å²) in [5, 5.41) is 18.7. The second kappa shape index (κ2) is 3.28. The van der Waals surface area contributed by atoms with Crippen molar-refractivity contribution >= 4 is 21.6 Å². The van der Waals surface area contributed by atoms with Crippen molar-refractivity contribution in [3.8, 4) is 6.07 Å². The second-order valence-corrected chi connectivity index (χ2v) is 2.75. The molecule has 12 heavy (non-hydrogen) atoms. The highest BCUT2D eigenvalue weighted by Gasteiger charge is 2.09. The van der Waals surface area contributed by atoms with E-state index < -0.39 is 4.92 Å². The molecule has 0 amide bonds. The number of hydrogen-bond donors (Lipinski definition) is 0. The Morgan fingerprint density at radius 1 is 1.75 bits per heavy atom. The summed E-state index contributed by atoms with van der Waals surface area (Å²) in [6.45, 7) is 0. The van der Waals surface area contributed by atoms with Crippen molar-refractivity contribution in [3.05, 3.63) is 32.5 Å². The highest BCUT2D eigenvalue weighted by atomic mass is 79.9. The van der Waals surface area contributed by atoms with Gasteiger partial charge in [-0.05, 0) is 15.9 Å². The fraction of sp³-hybridized carbons (Fsp3) is 0. The van der Waals surface area contributed by atoms with Crippen molar-refractivity contribution in [1.82, 2.24) is 4.98 Å². The molecule has 1 heterocycles. The number of nitriles is 1. The number of rotatable bonds is 1. The number of hydrogen-bond acceptors (Lipinski definition) is 4.